The van der Waals surface area contributed by atoms with Crippen molar-refractivity contribution in [1.29, 1.82) is 0 Å². The van der Waals surface area contributed by atoms with Gasteiger partial charge in [0.25, 0.3) is 0 Å². The van der Waals surface area contributed by atoms with Gasteiger partial charge in [-0.3, -0.25) is 15.0 Å². The molecule has 0 unspecified atom stereocenters. The lowest BCUT2D eigenvalue weighted by atomic mass is 9.96. The Labute approximate surface area is 288 Å². The zero-order valence-corrected chi connectivity index (χ0v) is 27.0. The molecule has 5 aromatic carbocycles. The molecular formula is C45H29N5. The third-order valence-corrected chi connectivity index (χ3v) is 9.71. The molecule has 0 atom stereocenters. The normalized spacial score (nSPS) is 11.6. The maximum absolute atomic E-state index is 4.86. The minimum atomic E-state index is 0.961. The molecule has 234 valence electrons. The van der Waals surface area contributed by atoms with E-state index in [1.807, 2.05) is 42.9 Å². The first-order valence-corrected chi connectivity index (χ1v) is 16.8. The number of pyridine rings is 3. The van der Waals surface area contributed by atoms with Gasteiger partial charge in [0.1, 0.15) is 0 Å². The third-order valence-electron chi connectivity index (χ3n) is 9.71. The first-order valence-electron chi connectivity index (χ1n) is 16.8. The van der Waals surface area contributed by atoms with E-state index in [2.05, 4.69) is 148 Å². The van der Waals surface area contributed by atoms with Gasteiger partial charge in [-0.2, -0.15) is 0 Å². The van der Waals surface area contributed by atoms with Gasteiger partial charge in [-0.05, 0) is 101 Å². The van der Waals surface area contributed by atoms with Crippen LogP contribution in [0.25, 0.3) is 88.8 Å². The Morgan fingerprint density at radius 1 is 0.340 bits per heavy atom. The minimum Gasteiger partial charge on any atom is -0.308 e. The van der Waals surface area contributed by atoms with Gasteiger partial charge in [0.05, 0.1) is 38.8 Å². The van der Waals surface area contributed by atoms with Gasteiger partial charge >= 0.3 is 0 Å². The summed E-state index contributed by atoms with van der Waals surface area (Å²) in [5.41, 5.74) is 15.4. The highest BCUT2D eigenvalue weighted by Gasteiger charge is 2.17. The molecule has 5 heteroatoms. The maximum Gasteiger partial charge on any atom is 0.0963 e. The lowest BCUT2D eigenvalue weighted by Gasteiger charge is -2.12. The zero-order valence-electron chi connectivity index (χ0n) is 27.0. The Balaban J connectivity index is 1.03. The molecule has 0 bridgehead atoms. The molecule has 10 aromatic rings. The van der Waals surface area contributed by atoms with E-state index in [0.717, 1.165) is 83.2 Å². The average Bonchev–Trinajstić information content (AvgIpc) is 3.71. The summed E-state index contributed by atoms with van der Waals surface area (Å²) in [6, 6.07) is 55.6. The monoisotopic (exact) mass is 639 g/mol. The molecule has 0 aliphatic carbocycles. The van der Waals surface area contributed by atoms with Crippen molar-refractivity contribution in [2.75, 3.05) is 0 Å². The average molecular weight is 640 g/mol. The summed E-state index contributed by atoms with van der Waals surface area (Å²) in [7, 11) is 0. The fourth-order valence-corrected chi connectivity index (χ4v) is 7.43. The SMILES string of the molecule is c1ccc(-c2ccccc2-c2ccc3c(c2)c2ncccc2n3-c2ccc(-c3ccc(-n4c5ccccc5c5ncccc54)cc3)cc2)nc1. The Morgan fingerprint density at radius 3 is 1.52 bits per heavy atom. The molecule has 0 fully saturated rings. The number of aromatic nitrogens is 5. The summed E-state index contributed by atoms with van der Waals surface area (Å²) in [5.74, 6) is 0. The van der Waals surface area contributed by atoms with Gasteiger partial charge in [-0.1, -0.05) is 78.9 Å². The Morgan fingerprint density at radius 2 is 0.860 bits per heavy atom. The van der Waals surface area contributed by atoms with Crippen LogP contribution in [-0.4, -0.2) is 24.1 Å². The highest BCUT2D eigenvalue weighted by atomic mass is 15.0. The van der Waals surface area contributed by atoms with Crippen molar-refractivity contribution >= 4 is 43.9 Å². The number of nitrogens with zero attached hydrogens (tertiary/aromatic N) is 5. The molecule has 0 radical (unpaired) electrons. The molecule has 0 aliphatic rings. The Hall–Kier alpha value is -6.85. The van der Waals surface area contributed by atoms with E-state index in [4.69, 9.17) is 9.97 Å². The van der Waals surface area contributed by atoms with Gasteiger partial charge in [-0.25, -0.2) is 0 Å². The van der Waals surface area contributed by atoms with Crippen LogP contribution < -0.4 is 0 Å². The number of rotatable bonds is 5. The molecule has 0 amide bonds. The summed E-state index contributed by atoms with van der Waals surface area (Å²) in [4.78, 5) is 14.2. The molecule has 0 aliphatic heterocycles. The predicted octanol–water partition coefficient (Wildman–Crippen LogP) is 11.1. The second-order valence-corrected chi connectivity index (χ2v) is 12.5. The molecule has 0 N–H and O–H groups in total. The van der Waals surface area contributed by atoms with E-state index < -0.39 is 0 Å². The molecule has 0 saturated heterocycles. The first kappa shape index (κ1) is 28.2. The standard InChI is InChI=1S/C45H29N5/c1-2-10-36(39-12-5-6-26-46-39)35(9-1)32-20-25-41-38(29-32)45-43(15-8-28-48-45)50(41)34-23-18-31(19-24-34)30-16-21-33(22-17-30)49-40-13-4-3-11-37(40)44-42(49)14-7-27-47-44/h1-29H. The summed E-state index contributed by atoms with van der Waals surface area (Å²) >= 11 is 0. The van der Waals surface area contributed by atoms with Crippen molar-refractivity contribution in [3.8, 4) is 44.9 Å². The lowest BCUT2D eigenvalue weighted by Crippen LogP contribution is -1.95. The fraction of sp³-hybridized carbons (Fsp3) is 0. The summed E-state index contributed by atoms with van der Waals surface area (Å²) in [5, 5.41) is 2.28. The minimum absolute atomic E-state index is 0.961. The van der Waals surface area contributed by atoms with Crippen LogP contribution in [0, 0.1) is 0 Å². The second-order valence-electron chi connectivity index (χ2n) is 12.5. The summed E-state index contributed by atoms with van der Waals surface area (Å²) < 4.78 is 4.61. The van der Waals surface area contributed by atoms with Crippen LogP contribution >= 0.6 is 0 Å². The van der Waals surface area contributed by atoms with Gasteiger partial charge in [0.15, 0.2) is 0 Å². The number of fused-ring (bicyclic) bond motifs is 6. The molecule has 10 rings (SSSR count). The topological polar surface area (TPSA) is 48.5 Å². The lowest BCUT2D eigenvalue weighted by molar-refractivity contribution is 1.17. The van der Waals surface area contributed by atoms with Gasteiger partial charge in [0, 0.05) is 46.3 Å². The van der Waals surface area contributed by atoms with Crippen molar-refractivity contribution in [1.82, 2.24) is 24.1 Å². The third kappa shape index (κ3) is 4.45. The van der Waals surface area contributed by atoms with E-state index >= 15 is 0 Å². The van der Waals surface area contributed by atoms with Crippen LogP contribution in [-0.2, 0) is 0 Å². The van der Waals surface area contributed by atoms with Crippen LogP contribution in [0.15, 0.2) is 176 Å². The van der Waals surface area contributed by atoms with Crippen LogP contribution in [0.5, 0.6) is 0 Å². The van der Waals surface area contributed by atoms with Crippen LogP contribution in [0.1, 0.15) is 0 Å². The predicted molar refractivity (Wildman–Crippen MR) is 205 cm³/mol. The summed E-state index contributed by atoms with van der Waals surface area (Å²) in [6.45, 7) is 0. The zero-order chi connectivity index (χ0) is 33.0. The molecule has 5 heterocycles. The Bertz CT molecular complexity index is 2790. The van der Waals surface area contributed by atoms with Crippen LogP contribution in [0.4, 0.5) is 0 Å². The number of benzene rings is 5. The second kappa shape index (κ2) is 11.4. The molecular weight excluding hydrogens is 611 g/mol. The van der Waals surface area contributed by atoms with E-state index in [1.54, 1.807) is 0 Å². The molecule has 0 saturated carbocycles. The highest BCUT2D eigenvalue weighted by Crippen LogP contribution is 2.37. The van der Waals surface area contributed by atoms with Crippen molar-refractivity contribution in [3.63, 3.8) is 0 Å². The van der Waals surface area contributed by atoms with Gasteiger partial charge in [-0.15, -0.1) is 0 Å². The van der Waals surface area contributed by atoms with E-state index in [1.165, 1.54) is 5.56 Å². The molecule has 0 spiro atoms. The van der Waals surface area contributed by atoms with Crippen molar-refractivity contribution in [3.05, 3.63) is 176 Å². The smallest absolute Gasteiger partial charge is 0.0963 e. The van der Waals surface area contributed by atoms with Gasteiger partial charge < -0.3 is 9.13 Å². The van der Waals surface area contributed by atoms with Crippen molar-refractivity contribution < 1.29 is 0 Å². The first-order chi connectivity index (χ1) is 24.8. The van der Waals surface area contributed by atoms with Crippen LogP contribution in [0.3, 0.4) is 0 Å². The summed E-state index contributed by atoms with van der Waals surface area (Å²) in [6.07, 6.45) is 5.59. The molecule has 5 nitrogen and oxygen atoms in total. The largest absolute Gasteiger partial charge is 0.308 e. The maximum atomic E-state index is 4.86. The van der Waals surface area contributed by atoms with E-state index in [9.17, 15) is 0 Å². The highest BCUT2D eigenvalue weighted by molar-refractivity contribution is 6.09. The number of hydrogen-bond acceptors (Lipinski definition) is 3. The van der Waals surface area contributed by atoms with E-state index in [0.29, 0.717) is 0 Å². The number of hydrogen-bond donors (Lipinski definition) is 0. The number of para-hydroxylation sites is 1. The quantitative estimate of drug-likeness (QED) is 0.188. The van der Waals surface area contributed by atoms with Crippen molar-refractivity contribution in [2.24, 2.45) is 0 Å². The van der Waals surface area contributed by atoms with Gasteiger partial charge in [0.2, 0.25) is 0 Å². The fourth-order valence-electron chi connectivity index (χ4n) is 7.43. The van der Waals surface area contributed by atoms with Crippen molar-refractivity contribution in [2.45, 2.75) is 0 Å². The molecule has 5 aromatic heterocycles. The Kier molecular flexibility index (Phi) is 6.42. The van der Waals surface area contributed by atoms with Crippen LogP contribution in [0.2, 0.25) is 0 Å². The van der Waals surface area contributed by atoms with E-state index in [-0.39, 0.29) is 0 Å². The molecule has 50 heavy (non-hydrogen) atoms.